The average Bonchev–Trinajstić information content (AvgIpc) is 2.35. The molecule has 0 aliphatic heterocycles. The molecular weight excluding hydrogens is 248 g/mol. The van der Waals surface area contributed by atoms with E-state index in [-0.39, 0.29) is 0 Å². The van der Waals surface area contributed by atoms with Gasteiger partial charge in [0.1, 0.15) is 11.8 Å². The number of hydrogen-bond donors (Lipinski definition) is 1. The van der Waals surface area contributed by atoms with Crippen molar-refractivity contribution in [2.45, 2.75) is 45.9 Å². The van der Waals surface area contributed by atoms with Gasteiger partial charge >= 0.3 is 0 Å². The fraction of sp³-hybridized carbons (Fsp3) is 0.500. The Bertz CT molecular complexity index is 426. The number of nitrogens with one attached hydrogen (secondary N) is 1. The van der Waals surface area contributed by atoms with Crippen LogP contribution in [0, 0.1) is 11.3 Å². The average molecular weight is 267 g/mol. The van der Waals surface area contributed by atoms with Gasteiger partial charge in [-0.3, -0.25) is 0 Å². The molecule has 1 aromatic carbocycles. The minimum Gasteiger partial charge on any atom is -0.474 e. The van der Waals surface area contributed by atoms with Crippen molar-refractivity contribution in [1.82, 2.24) is 5.32 Å². The summed E-state index contributed by atoms with van der Waals surface area (Å²) in [5, 5.41) is 12.7. The van der Waals surface area contributed by atoms with Gasteiger partial charge in [-0.2, -0.15) is 5.26 Å². The van der Waals surface area contributed by atoms with Crippen molar-refractivity contribution in [3.63, 3.8) is 0 Å². The van der Waals surface area contributed by atoms with Gasteiger partial charge in [-0.05, 0) is 24.1 Å². The molecule has 98 valence electrons. The Morgan fingerprint density at radius 2 is 2.17 bits per heavy atom. The van der Waals surface area contributed by atoms with Crippen LogP contribution in [0.1, 0.15) is 32.8 Å². The molecule has 0 aliphatic rings. The second-order valence-electron chi connectivity index (χ2n) is 4.44. The molecule has 0 spiro atoms. The molecule has 0 aromatic heterocycles. The SMILES string of the molecule is CCC(C#N)Oc1ccc(CNC(C)C)cc1Cl. The van der Waals surface area contributed by atoms with Crippen LogP contribution in [-0.2, 0) is 6.54 Å². The molecule has 0 saturated carbocycles. The summed E-state index contributed by atoms with van der Waals surface area (Å²) in [6.07, 6.45) is 0.200. The first kappa shape index (κ1) is 14.8. The van der Waals surface area contributed by atoms with E-state index in [1.165, 1.54) is 0 Å². The number of ether oxygens (including phenoxy) is 1. The number of nitriles is 1. The number of rotatable bonds is 6. The third-order valence-corrected chi connectivity index (χ3v) is 2.79. The number of halogens is 1. The fourth-order valence-corrected chi connectivity index (χ4v) is 1.67. The summed E-state index contributed by atoms with van der Waals surface area (Å²) in [6, 6.07) is 8.17. The van der Waals surface area contributed by atoms with Gasteiger partial charge in [0.25, 0.3) is 0 Å². The summed E-state index contributed by atoms with van der Waals surface area (Å²) >= 11 is 6.14. The quantitative estimate of drug-likeness (QED) is 0.857. The Balaban J connectivity index is 2.71. The van der Waals surface area contributed by atoms with Crippen LogP contribution in [0.3, 0.4) is 0 Å². The zero-order valence-corrected chi connectivity index (χ0v) is 11.8. The predicted octanol–water partition coefficient (Wildman–Crippen LogP) is 3.52. The van der Waals surface area contributed by atoms with Gasteiger partial charge in [0.2, 0.25) is 0 Å². The lowest BCUT2D eigenvalue weighted by Gasteiger charge is -2.13. The molecule has 0 saturated heterocycles. The lowest BCUT2D eigenvalue weighted by molar-refractivity contribution is 0.252. The predicted molar refractivity (Wildman–Crippen MR) is 73.7 cm³/mol. The van der Waals surface area contributed by atoms with E-state index in [0.717, 1.165) is 12.1 Å². The lowest BCUT2D eigenvalue weighted by atomic mass is 10.2. The Kier molecular flexibility index (Phi) is 5.97. The number of benzene rings is 1. The molecule has 0 aliphatic carbocycles. The van der Waals surface area contributed by atoms with Crippen LogP contribution >= 0.6 is 11.6 Å². The summed E-state index contributed by atoms with van der Waals surface area (Å²) in [7, 11) is 0. The molecule has 1 aromatic rings. The summed E-state index contributed by atoms with van der Waals surface area (Å²) in [5.41, 5.74) is 1.10. The van der Waals surface area contributed by atoms with Gasteiger partial charge < -0.3 is 10.1 Å². The van der Waals surface area contributed by atoms with Crippen molar-refractivity contribution in [3.05, 3.63) is 28.8 Å². The third-order valence-electron chi connectivity index (χ3n) is 2.49. The second-order valence-corrected chi connectivity index (χ2v) is 4.85. The van der Waals surface area contributed by atoms with Crippen LogP contribution in [0.4, 0.5) is 0 Å². The van der Waals surface area contributed by atoms with Crippen LogP contribution in [0.2, 0.25) is 5.02 Å². The molecule has 1 N–H and O–H groups in total. The zero-order valence-electron chi connectivity index (χ0n) is 11.0. The van der Waals surface area contributed by atoms with Gasteiger partial charge in [0, 0.05) is 12.6 Å². The maximum absolute atomic E-state index is 8.85. The van der Waals surface area contributed by atoms with E-state index in [0.29, 0.717) is 23.2 Å². The molecule has 3 nitrogen and oxygen atoms in total. The van der Waals surface area contributed by atoms with Crippen LogP contribution < -0.4 is 10.1 Å². The molecule has 4 heteroatoms. The van der Waals surface area contributed by atoms with Crippen LogP contribution in [-0.4, -0.2) is 12.1 Å². The van der Waals surface area contributed by atoms with Crippen LogP contribution in [0.5, 0.6) is 5.75 Å². The van der Waals surface area contributed by atoms with Crippen molar-refractivity contribution in [3.8, 4) is 11.8 Å². The monoisotopic (exact) mass is 266 g/mol. The first-order valence-electron chi connectivity index (χ1n) is 6.14. The van der Waals surface area contributed by atoms with E-state index in [2.05, 4.69) is 25.2 Å². The van der Waals surface area contributed by atoms with E-state index in [4.69, 9.17) is 21.6 Å². The standard InChI is InChI=1S/C14H19ClN2O/c1-4-12(8-16)18-14-6-5-11(7-13(14)15)9-17-10(2)3/h5-7,10,12,17H,4,9H2,1-3H3. The third kappa shape index (κ3) is 4.56. The highest BCUT2D eigenvalue weighted by Crippen LogP contribution is 2.26. The highest BCUT2D eigenvalue weighted by molar-refractivity contribution is 6.32. The van der Waals surface area contributed by atoms with Gasteiger partial charge in [-0.25, -0.2) is 0 Å². The summed E-state index contributed by atoms with van der Waals surface area (Å²) in [4.78, 5) is 0. The van der Waals surface area contributed by atoms with Gasteiger partial charge in [0.15, 0.2) is 6.10 Å². The van der Waals surface area contributed by atoms with Crippen molar-refractivity contribution in [1.29, 1.82) is 5.26 Å². The van der Waals surface area contributed by atoms with Gasteiger partial charge in [0.05, 0.1) is 5.02 Å². The van der Waals surface area contributed by atoms with Crippen molar-refractivity contribution >= 4 is 11.6 Å². The van der Waals surface area contributed by atoms with Crippen molar-refractivity contribution in [2.75, 3.05) is 0 Å². The Morgan fingerprint density at radius 3 is 2.67 bits per heavy atom. The van der Waals surface area contributed by atoms with E-state index in [1.807, 2.05) is 25.1 Å². The van der Waals surface area contributed by atoms with Crippen LogP contribution in [0.25, 0.3) is 0 Å². The van der Waals surface area contributed by atoms with E-state index < -0.39 is 6.10 Å². The summed E-state index contributed by atoms with van der Waals surface area (Å²) in [5.74, 6) is 0.568. The molecule has 18 heavy (non-hydrogen) atoms. The van der Waals surface area contributed by atoms with E-state index >= 15 is 0 Å². The highest BCUT2D eigenvalue weighted by atomic mass is 35.5. The molecule has 0 bridgehead atoms. The zero-order chi connectivity index (χ0) is 13.5. The maximum atomic E-state index is 8.85. The minimum absolute atomic E-state index is 0.433. The highest BCUT2D eigenvalue weighted by Gasteiger charge is 2.09. The largest absolute Gasteiger partial charge is 0.474 e. The van der Waals surface area contributed by atoms with Crippen molar-refractivity contribution in [2.24, 2.45) is 0 Å². The molecule has 0 heterocycles. The smallest absolute Gasteiger partial charge is 0.184 e. The number of hydrogen-bond acceptors (Lipinski definition) is 3. The molecule has 1 atom stereocenters. The summed E-state index contributed by atoms with van der Waals surface area (Å²) in [6.45, 7) is 6.87. The fourth-order valence-electron chi connectivity index (χ4n) is 1.43. The summed E-state index contributed by atoms with van der Waals surface area (Å²) < 4.78 is 5.51. The number of nitrogens with zero attached hydrogens (tertiary/aromatic N) is 1. The van der Waals surface area contributed by atoms with Gasteiger partial charge in [-0.1, -0.05) is 38.4 Å². The first-order valence-corrected chi connectivity index (χ1v) is 6.52. The molecule has 1 unspecified atom stereocenters. The Hall–Kier alpha value is -1.24. The Morgan fingerprint density at radius 1 is 1.44 bits per heavy atom. The molecule has 0 amide bonds. The normalized spacial score (nSPS) is 12.2. The lowest BCUT2D eigenvalue weighted by Crippen LogP contribution is -2.21. The minimum atomic E-state index is -0.442. The van der Waals surface area contributed by atoms with Crippen LogP contribution in [0.15, 0.2) is 18.2 Å². The molecule has 0 fully saturated rings. The van der Waals surface area contributed by atoms with E-state index in [1.54, 1.807) is 0 Å². The van der Waals surface area contributed by atoms with E-state index in [9.17, 15) is 0 Å². The first-order chi connectivity index (χ1) is 8.56. The molecule has 0 radical (unpaired) electrons. The maximum Gasteiger partial charge on any atom is 0.184 e. The van der Waals surface area contributed by atoms with Crippen molar-refractivity contribution < 1.29 is 4.74 Å². The second kappa shape index (κ2) is 7.25. The Labute approximate surface area is 114 Å². The van der Waals surface area contributed by atoms with Gasteiger partial charge in [-0.15, -0.1) is 0 Å². The molecular formula is C14H19ClN2O. The topological polar surface area (TPSA) is 45.0 Å². The molecule has 1 rings (SSSR count).